The van der Waals surface area contributed by atoms with Crippen LogP contribution in [-0.2, 0) is 28.6 Å². The topological polar surface area (TPSA) is 78.9 Å². The molecule has 0 amide bonds. The summed E-state index contributed by atoms with van der Waals surface area (Å²) in [6.07, 6.45) is 66.7. The third-order valence-electron chi connectivity index (χ3n) is 10.7. The van der Waals surface area contributed by atoms with Crippen molar-refractivity contribution in [1.29, 1.82) is 0 Å². The summed E-state index contributed by atoms with van der Waals surface area (Å²) in [6, 6.07) is 0. The highest BCUT2D eigenvalue weighted by molar-refractivity contribution is 5.71. The van der Waals surface area contributed by atoms with Crippen LogP contribution < -0.4 is 0 Å². The highest BCUT2D eigenvalue weighted by atomic mass is 16.6. The number of hydrogen-bond acceptors (Lipinski definition) is 6. The van der Waals surface area contributed by atoms with Crippen LogP contribution in [-0.4, -0.2) is 37.2 Å². The van der Waals surface area contributed by atoms with E-state index < -0.39 is 6.10 Å². The molecule has 63 heavy (non-hydrogen) atoms. The van der Waals surface area contributed by atoms with Crippen molar-refractivity contribution >= 4 is 17.9 Å². The van der Waals surface area contributed by atoms with E-state index in [1.807, 2.05) is 36.5 Å². The first kappa shape index (κ1) is 59.3. The lowest BCUT2D eigenvalue weighted by molar-refractivity contribution is -0.167. The second-order valence-electron chi connectivity index (χ2n) is 16.8. The van der Waals surface area contributed by atoms with Gasteiger partial charge in [-0.15, -0.1) is 0 Å². The number of unbranched alkanes of at least 4 members (excludes halogenated alkanes) is 23. The summed E-state index contributed by atoms with van der Waals surface area (Å²) in [5, 5.41) is 0. The second-order valence-corrected chi connectivity index (χ2v) is 16.8. The average molecular weight is 875 g/mol. The van der Waals surface area contributed by atoms with E-state index in [1.54, 1.807) is 0 Å². The van der Waals surface area contributed by atoms with Crippen molar-refractivity contribution in [2.24, 2.45) is 0 Å². The van der Waals surface area contributed by atoms with E-state index in [0.29, 0.717) is 19.3 Å². The van der Waals surface area contributed by atoms with E-state index in [1.165, 1.54) is 77.0 Å². The van der Waals surface area contributed by atoms with Crippen LogP contribution in [0.2, 0.25) is 0 Å². The molecule has 6 heteroatoms. The first-order valence-corrected chi connectivity index (χ1v) is 25.8. The Balaban J connectivity index is 4.50. The van der Waals surface area contributed by atoms with Gasteiger partial charge in [0.05, 0.1) is 0 Å². The zero-order chi connectivity index (χ0) is 45.8. The molecule has 0 rings (SSSR count). The average Bonchev–Trinajstić information content (AvgIpc) is 3.28. The van der Waals surface area contributed by atoms with Crippen LogP contribution in [0.25, 0.3) is 0 Å². The molecule has 0 saturated heterocycles. The van der Waals surface area contributed by atoms with Crippen molar-refractivity contribution in [2.75, 3.05) is 13.2 Å². The SMILES string of the molecule is CC\C=C/C=C\C=C/C=C\CCCCCC(=O)OCC(COC(=O)CCCCCCC\C=C/C=C\C=C/CCCCCCC)OC(=O)CCCCC/C=C\CCCCCCCCC. The van der Waals surface area contributed by atoms with Gasteiger partial charge in [-0.25, -0.2) is 0 Å². The molecule has 0 heterocycles. The Morgan fingerprint density at radius 3 is 1.03 bits per heavy atom. The van der Waals surface area contributed by atoms with Gasteiger partial charge in [-0.2, -0.15) is 0 Å². The summed E-state index contributed by atoms with van der Waals surface area (Å²) in [5.41, 5.74) is 0. The van der Waals surface area contributed by atoms with E-state index in [-0.39, 0.29) is 31.1 Å². The summed E-state index contributed by atoms with van der Waals surface area (Å²) in [4.78, 5) is 37.9. The smallest absolute Gasteiger partial charge is 0.306 e. The molecule has 0 bridgehead atoms. The molecule has 0 N–H and O–H groups in total. The molecule has 0 aliphatic rings. The maximum absolute atomic E-state index is 12.8. The van der Waals surface area contributed by atoms with Gasteiger partial charge in [-0.3, -0.25) is 14.4 Å². The summed E-state index contributed by atoms with van der Waals surface area (Å²) < 4.78 is 16.7. The Morgan fingerprint density at radius 2 is 0.635 bits per heavy atom. The third-order valence-corrected chi connectivity index (χ3v) is 10.7. The molecule has 0 fully saturated rings. The molecule has 0 spiro atoms. The Kier molecular flexibility index (Phi) is 48.0. The van der Waals surface area contributed by atoms with Crippen molar-refractivity contribution < 1.29 is 28.6 Å². The first-order chi connectivity index (χ1) is 31.0. The Bertz CT molecular complexity index is 1280. The monoisotopic (exact) mass is 875 g/mol. The molecule has 0 aliphatic carbocycles. The third kappa shape index (κ3) is 49.2. The Morgan fingerprint density at radius 1 is 0.333 bits per heavy atom. The summed E-state index contributed by atoms with van der Waals surface area (Å²) in [7, 11) is 0. The van der Waals surface area contributed by atoms with Crippen LogP contribution >= 0.6 is 0 Å². The van der Waals surface area contributed by atoms with Gasteiger partial charge in [-0.05, 0) is 89.9 Å². The molecule has 0 aliphatic heterocycles. The Hall–Kier alpha value is -3.67. The van der Waals surface area contributed by atoms with Crippen LogP contribution in [0.4, 0.5) is 0 Å². The lowest BCUT2D eigenvalue weighted by Crippen LogP contribution is -2.30. The van der Waals surface area contributed by atoms with E-state index in [2.05, 4.69) is 81.5 Å². The van der Waals surface area contributed by atoms with Gasteiger partial charge in [0.1, 0.15) is 13.2 Å². The van der Waals surface area contributed by atoms with E-state index >= 15 is 0 Å². The van der Waals surface area contributed by atoms with Gasteiger partial charge < -0.3 is 14.2 Å². The molecule has 0 radical (unpaired) electrons. The van der Waals surface area contributed by atoms with E-state index in [0.717, 1.165) is 109 Å². The summed E-state index contributed by atoms with van der Waals surface area (Å²) in [6.45, 7) is 6.40. The number of hydrogen-bond donors (Lipinski definition) is 0. The number of carbonyl (C=O) groups is 3. The number of esters is 3. The number of allylic oxidation sites excluding steroid dienone is 16. The van der Waals surface area contributed by atoms with Gasteiger partial charge >= 0.3 is 17.9 Å². The minimum absolute atomic E-state index is 0.108. The lowest BCUT2D eigenvalue weighted by Gasteiger charge is -2.18. The van der Waals surface area contributed by atoms with Crippen LogP contribution in [0.15, 0.2) is 97.2 Å². The molecular formula is C57H94O6. The molecule has 0 aromatic carbocycles. The van der Waals surface area contributed by atoms with Crippen LogP contribution in [0.1, 0.15) is 226 Å². The quantitative estimate of drug-likeness (QED) is 0.0199. The molecule has 1 unspecified atom stereocenters. The summed E-state index contributed by atoms with van der Waals surface area (Å²) in [5.74, 6) is -0.986. The maximum atomic E-state index is 12.8. The molecule has 358 valence electrons. The molecule has 6 nitrogen and oxygen atoms in total. The fourth-order valence-electron chi connectivity index (χ4n) is 6.80. The van der Waals surface area contributed by atoms with Gasteiger partial charge in [0.2, 0.25) is 0 Å². The zero-order valence-electron chi connectivity index (χ0n) is 40.8. The van der Waals surface area contributed by atoms with Crippen LogP contribution in [0.5, 0.6) is 0 Å². The number of ether oxygens (including phenoxy) is 3. The van der Waals surface area contributed by atoms with Gasteiger partial charge in [0, 0.05) is 19.3 Å². The number of carbonyl (C=O) groups excluding carboxylic acids is 3. The van der Waals surface area contributed by atoms with Crippen molar-refractivity contribution in [3.8, 4) is 0 Å². The van der Waals surface area contributed by atoms with Gasteiger partial charge in [-0.1, -0.05) is 214 Å². The highest BCUT2D eigenvalue weighted by Gasteiger charge is 2.19. The van der Waals surface area contributed by atoms with Crippen molar-refractivity contribution in [3.05, 3.63) is 97.2 Å². The van der Waals surface area contributed by atoms with Crippen LogP contribution in [0, 0.1) is 0 Å². The molecule has 0 aromatic rings. The predicted molar refractivity (Wildman–Crippen MR) is 270 cm³/mol. The molecule has 0 saturated carbocycles. The zero-order valence-corrected chi connectivity index (χ0v) is 40.8. The Labute approximate surface area is 387 Å². The second kappa shape index (κ2) is 51.0. The fourth-order valence-corrected chi connectivity index (χ4v) is 6.80. The minimum Gasteiger partial charge on any atom is -0.462 e. The van der Waals surface area contributed by atoms with Crippen molar-refractivity contribution in [1.82, 2.24) is 0 Å². The van der Waals surface area contributed by atoms with Gasteiger partial charge in [0.15, 0.2) is 6.10 Å². The normalized spacial score (nSPS) is 12.9. The molecular weight excluding hydrogens is 781 g/mol. The summed E-state index contributed by atoms with van der Waals surface area (Å²) >= 11 is 0. The minimum atomic E-state index is -0.810. The van der Waals surface area contributed by atoms with E-state index in [9.17, 15) is 14.4 Å². The first-order valence-electron chi connectivity index (χ1n) is 25.8. The van der Waals surface area contributed by atoms with Crippen molar-refractivity contribution in [3.63, 3.8) is 0 Å². The fraction of sp³-hybridized carbons (Fsp3) is 0.667. The number of rotatable bonds is 45. The van der Waals surface area contributed by atoms with E-state index in [4.69, 9.17) is 14.2 Å². The molecule has 0 aromatic heterocycles. The maximum Gasteiger partial charge on any atom is 0.306 e. The molecule has 1 atom stereocenters. The lowest BCUT2D eigenvalue weighted by atomic mass is 10.1. The van der Waals surface area contributed by atoms with Crippen molar-refractivity contribution in [2.45, 2.75) is 232 Å². The van der Waals surface area contributed by atoms with Crippen LogP contribution in [0.3, 0.4) is 0 Å². The highest BCUT2D eigenvalue weighted by Crippen LogP contribution is 2.13. The standard InChI is InChI=1S/C57H94O6/c1-4-7-10-13-16-19-22-25-27-28-29-30-33-35-38-41-44-47-50-56(59)62-53-54(52-61-55(58)49-46-43-40-37-34-31-24-21-18-15-12-9-6-3)63-57(60)51-48-45-42-39-36-32-26-23-20-17-14-11-8-5-2/h9,12,15,18,21-22,24-25,27-32,34,36,54H,4-8,10-11,13-14,16-17,19-20,23,26,33,35,37-53H2,1-3H3/b12-9-,18-15-,24-21-,25-22-,28-27-,30-29-,34-31-,36-32-. The van der Waals surface area contributed by atoms with Gasteiger partial charge in [0.25, 0.3) is 0 Å². The largest absolute Gasteiger partial charge is 0.462 e. The predicted octanol–water partition coefficient (Wildman–Crippen LogP) is 17.0.